The Bertz CT molecular complexity index is 1260. The second-order valence-electron chi connectivity index (χ2n) is 7.06. The van der Waals surface area contributed by atoms with E-state index in [1.54, 1.807) is 36.4 Å². The van der Waals surface area contributed by atoms with Gasteiger partial charge < -0.3 is 4.74 Å². The molecular formula is C23H20F3N3O4S. The van der Waals surface area contributed by atoms with Crippen molar-refractivity contribution < 1.29 is 31.1 Å². The van der Waals surface area contributed by atoms with Gasteiger partial charge >= 0.3 is 6.18 Å². The molecule has 7 nitrogen and oxygen atoms in total. The Kier molecular flexibility index (Phi) is 7.57. The molecule has 0 heterocycles. The molecule has 0 saturated carbocycles. The van der Waals surface area contributed by atoms with Crippen LogP contribution in [0.2, 0.25) is 0 Å². The fourth-order valence-electron chi connectivity index (χ4n) is 2.91. The van der Waals surface area contributed by atoms with Gasteiger partial charge in [-0.1, -0.05) is 36.4 Å². The minimum absolute atomic E-state index is 0.199. The largest absolute Gasteiger partial charge is 0.457 e. The Labute approximate surface area is 194 Å². The van der Waals surface area contributed by atoms with Crippen LogP contribution in [0.4, 0.5) is 18.9 Å². The van der Waals surface area contributed by atoms with Gasteiger partial charge in [0.25, 0.3) is 5.91 Å². The van der Waals surface area contributed by atoms with Crippen molar-refractivity contribution in [2.45, 2.75) is 6.18 Å². The van der Waals surface area contributed by atoms with Crippen LogP contribution in [-0.4, -0.2) is 33.3 Å². The number of amides is 1. The van der Waals surface area contributed by atoms with Gasteiger partial charge in [-0.2, -0.15) is 18.3 Å². The number of hydrogen-bond donors (Lipinski definition) is 1. The minimum atomic E-state index is -4.59. The second-order valence-corrected chi connectivity index (χ2v) is 8.96. The van der Waals surface area contributed by atoms with Crippen molar-refractivity contribution in [1.82, 2.24) is 5.43 Å². The van der Waals surface area contributed by atoms with Crippen molar-refractivity contribution in [3.8, 4) is 11.5 Å². The lowest BCUT2D eigenvalue weighted by molar-refractivity contribution is -0.137. The number of alkyl halides is 3. The van der Waals surface area contributed by atoms with Gasteiger partial charge in [0.15, 0.2) is 0 Å². The molecule has 1 amide bonds. The molecule has 0 fully saturated rings. The first-order chi connectivity index (χ1) is 16.0. The highest BCUT2D eigenvalue weighted by Crippen LogP contribution is 2.31. The van der Waals surface area contributed by atoms with E-state index >= 15 is 0 Å². The summed E-state index contributed by atoms with van der Waals surface area (Å²) in [6.07, 6.45) is -2.81. The summed E-state index contributed by atoms with van der Waals surface area (Å²) in [6, 6.07) is 19.7. The molecule has 0 radical (unpaired) electrons. The molecule has 0 aliphatic rings. The number of nitrogens with one attached hydrogen (secondary N) is 1. The number of carbonyl (C=O) groups excluding carboxylic acids is 1. The lowest BCUT2D eigenvalue weighted by atomic mass is 10.1. The maximum absolute atomic E-state index is 13.0. The highest BCUT2D eigenvalue weighted by atomic mass is 32.2. The quantitative estimate of drug-likeness (QED) is 0.373. The monoisotopic (exact) mass is 491 g/mol. The molecule has 178 valence electrons. The van der Waals surface area contributed by atoms with Gasteiger partial charge in [0, 0.05) is 5.56 Å². The predicted molar refractivity (Wildman–Crippen MR) is 122 cm³/mol. The maximum atomic E-state index is 13.0. The van der Waals surface area contributed by atoms with E-state index in [0.717, 1.165) is 22.8 Å². The molecule has 1 N–H and O–H groups in total. The van der Waals surface area contributed by atoms with Gasteiger partial charge in [-0.15, -0.1) is 0 Å². The molecular weight excluding hydrogens is 471 g/mol. The van der Waals surface area contributed by atoms with Crippen molar-refractivity contribution in [3.05, 3.63) is 90.0 Å². The van der Waals surface area contributed by atoms with Crippen LogP contribution in [0.25, 0.3) is 0 Å². The number of carbonyl (C=O) groups is 1. The van der Waals surface area contributed by atoms with Crippen molar-refractivity contribution in [2.24, 2.45) is 5.10 Å². The number of anilines is 1. The molecule has 0 saturated heterocycles. The number of benzene rings is 3. The zero-order chi connectivity index (χ0) is 24.8. The number of halogens is 3. The van der Waals surface area contributed by atoms with Gasteiger partial charge in [0.2, 0.25) is 10.0 Å². The third-order valence-corrected chi connectivity index (χ3v) is 5.59. The predicted octanol–water partition coefficient (Wildman–Crippen LogP) is 4.41. The van der Waals surface area contributed by atoms with Gasteiger partial charge in [0.1, 0.15) is 18.0 Å². The number of para-hydroxylation sites is 1. The maximum Gasteiger partial charge on any atom is 0.417 e. The van der Waals surface area contributed by atoms with Gasteiger partial charge in [0.05, 0.1) is 23.7 Å². The molecule has 11 heteroatoms. The molecule has 34 heavy (non-hydrogen) atoms. The van der Waals surface area contributed by atoms with Crippen molar-refractivity contribution in [3.63, 3.8) is 0 Å². The zero-order valence-corrected chi connectivity index (χ0v) is 18.7. The first-order valence-corrected chi connectivity index (χ1v) is 11.7. The van der Waals surface area contributed by atoms with E-state index in [-0.39, 0.29) is 11.3 Å². The molecule has 3 aromatic rings. The van der Waals surface area contributed by atoms with Crippen LogP contribution in [0.3, 0.4) is 0 Å². The lowest BCUT2D eigenvalue weighted by Gasteiger charge is -2.21. The summed E-state index contributed by atoms with van der Waals surface area (Å²) in [4.78, 5) is 12.3. The third kappa shape index (κ3) is 6.82. The van der Waals surface area contributed by atoms with E-state index in [0.29, 0.717) is 11.5 Å². The SMILES string of the molecule is CS(=O)(=O)N(CC(=O)N/N=C\c1ccccc1C(F)(F)F)c1ccc(Oc2ccccc2)cc1. The molecule has 0 spiro atoms. The average molecular weight is 491 g/mol. The molecule has 0 atom stereocenters. The normalized spacial score (nSPS) is 11.9. The van der Waals surface area contributed by atoms with Crippen LogP contribution in [0.15, 0.2) is 84.0 Å². The molecule has 3 rings (SSSR count). The summed E-state index contributed by atoms with van der Waals surface area (Å²) >= 11 is 0. The Morgan fingerprint density at radius 1 is 0.971 bits per heavy atom. The van der Waals surface area contributed by atoms with Crippen LogP contribution in [0.5, 0.6) is 11.5 Å². The zero-order valence-electron chi connectivity index (χ0n) is 17.9. The first kappa shape index (κ1) is 24.8. The van der Waals surface area contributed by atoms with E-state index in [1.165, 1.54) is 30.3 Å². The van der Waals surface area contributed by atoms with Crippen LogP contribution in [-0.2, 0) is 21.0 Å². The summed E-state index contributed by atoms with van der Waals surface area (Å²) in [5.41, 5.74) is 1.10. The van der Waals surface area contributed by atoms with E-state index in [9.17, 15) is 26.4 Å². The highest BCUT2D eigenvalue weighted by Gasteiger charge is 2.32. The van der Waals surface area contributed by atoms with Crippen LogP contribution in [0.1, 0.15) is 11.1 Å². The number of rotatable bonds is 8. The van der Waals surface area contributed by atoms with Gasteiger partial charge in [-0.05, 0) is 42.5 Å². The Hall–Kier alpha value is -3.86. The summed E-state index contributed by atoms with van der Waals surface area (Å²) in [5.74, 6) is 0.219. The third-order valence-electron chi connectivity index (χ3n) is 4.45. The van der Waals surface area contributed by atoms with Gasteiger partial charge in [-0.25, -0.2) is 13.8 Å². The van der Waals surface area contributed by atoms with Crippen molar-refractivity contribution in [2.75, 3.05) is 17.1 Å². The molecule has 0 bridgehead atoms. The fraction of sp³-hybridized carbons (Fsp3) is 0.130. The first-order valence-electron chi connectivity index (χ1n) is 9.83. The van der Waals surface area contributed by atoms with E-state index in [4.69, 9.17) is 4.74 Å². The lowest BCUT2D eigenvalue weighted by Crippen LogP contribution is -2.39. The minimum Gasteiger partial charge on any atom is -0.457 e. The van der Waals surface area contributed by atoms with E-state index in [1.807, 2.05) is 6.07 Å². The van der Waals surface area contributed by atoms with Crippen LogP contribution in [0, 0.1) is 0 Å². The summed E-state index contributed by atoms with van der Waals surface area (Å²) in [6.45, 7) is -0.629. The second kappa shape index (κ2) is 10.4. The number of hydrogen-bond acceptors (Lipinski definition) is 5. The molecule has 3 aromatic carbocycles. The van der Waals surface area contributed by atoms with E-state index < -0.39 is 34.2 Å². The van der Waals surface area contributed by atoms with Crippen LogP contribution >= 0.6 is 0 Å². The Morgan fingerprint density at radius 2 is 1.56 bits per heavy atom. The number of nitrogens with zero attached hydrogens (tertiary/aromatic N) is 2. The molecule has 0 aliphatic heterocycles. The van der Waals surface area contributed by atoms with Crippen LogP contribution < -0.4 is 14.5 Å². The topological polar surface area (TPSA) is 88.1 Å². The summed E-state index contributed by atoms with van der Waals surface area (Å²) in [5, 5.41) is 3.54. The smallest absolute Gasteiger partial charge is 0.417 e. The van der Waals surface area contributed by atoms with Gasteiger partial charge in [-0.3, -0.25) is 9.10 Å². The summed E-state index contributed by atoms with van der Waals surface area (Å²) in [7, 11) is -3.86. The molecule has 0 unspecified atom stereocenters. The molecule has 0 aromatic heterocycles. The summed E-state index contributed by atoms with van der Waals surface area (Å²) < 4.78 is 70.1. The van der Waals surface area contributed by atoms with Crippen molar-refractivity contribution >= 4 is 27.8 Å². The number of sulfonamides is 1. The number of hydrazone groups is 1. The fourth-order valence-corrected chi connectivity index (χ4v) is 3.77. The standard InChI is InChI=1S/C23H20F3N3O4S/c1-34(31,32)29(18-11-13-20(14-12-18)33-19-8-3-2-4-9-19)16-22(30)28-27-15-17-7-5-6-10-21(17)23(24,25)26/h2-15H,16H2,1H3,(H,28,30)/b27-15-. The van der Waals surface area contributed by atoms with E-state index in [2.05, 4.69) is 10.5 Å². The Morgan fingerprint density at radius 3 is 2.18 bits per heavy atom. The van der Waals surface area contributed by atoms with Crippen molar-refractivity contribution in [1.29, 1.82) is 0 Å². The Balaban J connectivity index is 1.69. The average Bonchev–Trinajstić information content (AvgIpc) is 2.78. The number of ether oxygens (including phenoxy) is 1. The molecule has 0 aliphatic carbocycles. The highest BCUT2D eigenvalue weighted by molar-refractivity contribution is 7.92.